The van der Waals surface area contributed by atoms with Crippen molar-refractivity contribution in [1.29, 1.82) is 0 Å². The molecule has 0 aliphatic rings. The Bertz CT molecular complexity index is 1090. The first-order valence-corrected chi connectivity index (χ1v) is 25.6. The second-order valence-electron chi connectivity index (χ2n) is 13.7. The fraction of sp³-hybridized carbons (Fsp3) is 0.778. The Hall–Kier alpha value is -1.07. The average Bonchev–Trinajstić information content (AvgIpc) is 3.05. The number of unbranched alkanes of at least 4 members (excludes halogenated alkanes) is 6. The fourth-order valence-electron chi connectivity index (χ4n) is 7.07. The van der Waals surface area contributed by atoms with Crippen molar-refractivity contribution in [2.75, 3.05) is 49.3 Å². The van der Waals surface area contributed by atoms with Crippen molar-refractivity contribution < 1.29 is 31.6 Å². The van der Waals surface area contributed by atoms with Gasteiger partial charge in [0.25, 0.3) is 0 Å². The molecule has 0 aromatic heterocycles. The molecule has 0 saturated heterocycles. The molecule has 46 heavy (non-hydrogen) atoms. The van der Waals surface area contributed by atoms with E-state index in [0.717, 1.165) is 126 Å². The van der Waals surface area contributed by atoms with Gasteiger partial charge in [-0.3, -0.25) is 0 Å². The molecule has 0 atom stereocenters. The van der Waals surface area contributed by atoms with E-state index >= 15 is 0 Å². The van der Waals surface area contributed by atoms with Crippen molar-refractivity contribution in [3.8, 4) is 0 Å². The normalized spacial score (nSPS) is 14.2. The van der Waals surface area contributed by atoms with Crippen LogP contribution in [0.4, 0.5) is 0 Å². The van der Waals surface area contributed by atoms with Crippen LogP contribution in [0.2, 0.25) is 0 Å². The molecule has 7 nitrogen and oxygen atoms in total. The molecule has 0 saturated carbocycles. The van der Waals surface area contributed by atoms with Crippen molar-refractivity contribution in [3.63, 3.8) is 0 Å². The predicted molar refractivity (Wildman–Crippen MR) is 201 cm³/mol. The van der Waals surface area contributed by atoms with E-state index in [9.17, 15) is 22.6 Å². The molecule has 0 aliphatic carbocycles. The third-order valence-corrected chi connectivity index (χ3v) is 24.7. The van der Waals surface area contributed by atoms with Gasteiger partial charge in [0.2, 0.25) is 0 Å². The van der Waals surface area contributed by atoms with Crippen molar-refractivity contribution in [2.24, 2.45) is 0 Å². The van der Waals surface area contributed by atoms with Gasteiger partial charge >= 0.3 is 283 Å². The molecule has 0 unspecified atom stereocenters. The molecule has 1 rings (SSSR count). The van der Waals surface area contributed by atoms with Gasteiger partial charge in [0.05, 0.1) is 0 Å². The molecule has 270 valence electrons. The molecule has 0 aliphatic heterocycles. The van der Waals surface area contributed by atoms with Crippen LogP contribution in [0.5, 0.6) is 0 Å². The maximum atomic E-state index is 14.3. The van der Waals surface area contributed by atoms with Crippen molar-refractivity contribution >= 4 is 35.7 Å². The summed E-state index contributed by atoms with van der Waals surface area (Å²) >= 11 is 0. The summed E-state index contributed by atoms with van der Waals surface area (Å²) in [4.78, 5) is 27.9. The number of hydrogen-bond acceptors (Lipinski definition) is 6. The quantitative estimate of drug-likeness (QED) is 0.0796. The number of rotatable bonds is 25. The summed E-state index contributed by atoms with van der Waals surface area (Å²) in [5.41, 5.74) is -0.562. The van der Waals surface area contributed by atoms with Gasteiger partial charge in [0.1, 0.15) is 0 Å². The zero-order valence-electron chi connectivity index (χ0n) is 30.6. The third kappa shape index (κ3) is 11.0. The van der Waals surface area contributed by atoms with Gasteiger partial charge in [0, 0.05) is 0 Å². The van der Waals surface area contributed by atoms with Crippen LogP contribution in [0, 0.1) is 0 Å². The molecule has 1 N–H and O–H groups in total. The molecule has 0 bridgehead atoms. The van der Waals surface area contributed by atoms with E-state index in [2.05, 4.69) is 55.4 Å². The Balaban J connectivity index is 3.92. The zero-order valence-corrected chi connectivity index (χ0v) is 33.2. The minimum atomic E-state index is -4.99. The summed E-state index contributed by atoms with van der Waals surface area (Å²) in [5.74, 6) is -1.53. The zero-order chi connectivity index (χ0) is 35.0. The first-order chi connectivity index (χ1) is 21.7. The summed E-state index contributed by atoms with van der Waals surface area (Å²) in [6, 6.07) is 4.25. The Kier molecular flexibility index (Phi) is 17.9. The van der Waals surface area contributed by atoms with Gasteiger partial charge in [-0.15, -0.1) is 0 Å². The standard InChI is InChI=1S/C36H68O7P2S/c1-9-17-26-44(15-7,27-18-10-2,28-19-11-3)42-35(37)32-24-23-25-33(34(32)46(39,40)41)36(38)43-45(16-8,29-20-12-4,30-21-13-5)31-22-14-6/h23-25H,9-22,26-31H2,1-8H3,(H,39,40,41). The first kappa shape index (κ1) is 43.0. The van der Waals surface area contributed by atoms with Crippen LogP contribution in [0.15, 0.2) is 23.1 Å². The second kappa shape index (κ2) is 19.2. The summed E-state index contributed by atoms with van der Waals surface area (Å²) in [7, 11) is -4.99. The molecule has 0 radical (unpaired) electrons. The van der Waals surface area contributed by atoms with Crippen LogP contribution in [0.25, 0.3) is 0 Å². The van der Waals surface area contributed by atoms with E-state index in [1.807, 2.05) is 0 Å². The SMILES string of the molecule is CCCCP(CC)(CCCC)(CCCC)OC(=O)c1cccc(C(=O)OP(CC)(CCCC)(CCCC)CCCC)c1S(=O)(=O)O. The van der Waals surface area contributed by atoms with Crippen LogP contribution >= 0.6 is 13.7 Å². The van der Waals surface area contributed by atoms with E-state index in [1.165, 1.54) is 18.2 Å². The van der Waals surface area contributed by atoms with Gasteiger partial charge in [-0.25, -0.2) is 0 Å². The summed E-state index contributed by atoms with van der Waals surface area (Å²) in [5, 5.41) is 0. The topological polar surface area (TPSA) is 107 Å². The third-order valence-electron chi connectivity index (χ3n) is 10.5. The molecule has 0 amide bonds. The Morgan fingerprint density at radius 3 is 1.02 bits per heavy atom. The van der Waals surface area contributed by atoms with E-state index in [0.29, 0.717) is 0 Å². The Morgan fingerprint density at radius 1 is 0.565 bits per heavy atom. The van der Waals surface area contributed by atoms with Gasteiger partial charge in [0.15, 0.2) is 0 Å². The number of benzene rings is 1. The van der Waals surface area contributed by atoms with E-state index in [4.69, 9.17) is 9.05 Å². The molecule has 0 heterocycles. The monoisotopic (exact) mass is 706 g/mol. The van der Waals surface area contributed by atoms with E-state index < -0.39 is 40.6 Å². The van der Waals surface area contributed by atoms with Crippen LogP contribution in [-0.2, 0) is 19.2 Å². The Morgan fingerprint density at radius 2 is 0.826 bits per heavy atom. The molecule has 0 spiro atoms. The predicted octanol–water partition coefficient (Wildman–Crippen LogP) is 11.0. The summed E-state index contributed by atoms with van der Waals surface area (Å²) in [6.45, 7) is 10.8. The van der Waals surface area contributed by atoms with E-state index in [1.54, 1.807) is 0 Å². The van der Waals surface area contributed by atoms with Gasteiger partial charge in [-0.1, -0.05) is 0 Å². The second-order valence-corrected chi connectivity index (χ2v) is 26.8. The minimum absolute atomic E-state index is 0.281. The summed E-state index contributed by atoms with van der Waals surface area (Å²) in [6.07, 6.45) is 17.5. The maximum absolute atomic E-state index is 14.3. The van der Waals surface area contributed by atoms with Crippen LogP contribution in [0.3, 0.4) is 0 Å². The molecule has 1 aromatic carbocycles. The number of hydrogen-bond donors (Lipinski definition) is 1. The van der Waals surface area contributed by atoms with E-state index in [-0.39, 0.29) is 11.1 Å². The van der Waals surface area contributed by atoms with Crippen molar-refractivity contribution in [3.05, 3.63) is 29.3 Å². The van der Waals surface area contributed by atoms with Crippen LogP contribution in [0.1, 0.15) is 153 Å². The van der Waals surface area contributed by atoms with Gasteiger partial charge in [-0.05, 0) is 0 Å². The van der Waals surface area contributed by atoms with Gasteiger partial charge in [-0.2, -0.15) is 0 Å². The Labute approximate surface area is 282 Å². The van der Waals surface area contributed by atoms with Crippen molar-refractivity contribution in [1.82, 2.24) is 0 Å². The molecular weight excluding hydrogens is 638 g/mol. The molecular formula is C36H68O7P2S. The van der Waals surface area contributed by atoms with Crippen molar-refractivity contribution in [2.45, 2.75) is 137 Å². The number of carbonyl (C=O) groups is 2. The average molecular weight is 707 g/mol. The first-order valence-electron chi connectivity index (χ1n) is 18.3. The molecule has 10 heteroatoms. The summed E-state index contributed by atoms with van der Waals surface area (Å²) < 4.78 is 50.3. The fourth-order valence-corrected chi connectivity index (χ4v) is 19.8. The van der Waals surface area contributed by atoms with Gasteiger partial charge < -0.3 is 0 Å². The van der Waals surface area contributed by atoms with Crippen LogP contribution < -0.4 is 0 Å². The van der Waals surface area contributed by atoms with Crippen LogP contribution in [-0.4, -0.2) is 74.2 Å². The molecule has 1 aromatic rings. The number of carbonyl (C=O) groups excluding carboxylic acids is 2. The molecule has 0 fully saturated rings.